The predicted molar refractivity (Wildman–Crippen MR) is 85.2 cm³/mol. The highest BCUT2D eigenvalue weighted by Crippen LogP contribution is 2.39. The van der Waals surface area contributed by atoms with Crippen LogP contribution in [0.4, 0.5) is 8.78 Å². The van der Waals surface area contributed by atoms with Gasteiger partial charge in [0.1, 0.15) is 11.6 Å². The summed E-state index contributed by atoms with van der Waals surface area (Å²) in [7, 11) is -0.786. The van der Waals surface area contributed by atoms with E-state index in [4.69, 9.17) is 9.31 Å². The molecule has 1 saturated heterocycles. The van der Waals surface area contributed by atoms with Gasteiger partial charge in [-0.05, 0) is 55.2 Å². The molecule has 1 N–H and O–H groups in total. The highest BCUT2D eigenvalue weighted by molar-refractivity contribution is 9.10. The molecule has 1 aromatic rings. The molecule has 0 unspecified atom stereocenters. The molecule has 1 aromatic carbocycles. The molecule has 1 fully saturated rings. The smallest absolute Gasteiger partial charge is 0.400 e. The second-order valence-electron chi connectivity index (χ2n) is 6.25. The number of hydrogen-bond donors (Lipinski definition) is 1. The van der Waals surface area contributed by atoms with Crippen LogP contribution in [-0.4, -0.2) is 30.0 Å². The monoisotopic (exact) mass is 374 g/mol. The van der Waals surface area contributed by atoms with E-state index in [1.54, 1.807) is 0 Å². The van der Waals surface area contributed by atoms with Crippen molar-refractivity contribution < 1.29 is 23.2 Å². The van der Waals surface area contributed by atoms with Gasteiger partial charge in [-0.3, -0.25) is 0 Å². The molecule has 0 amide bonds. The molecule has 1 aliphatic heterocycles. The van der Waals surface area contributed by atoms with E-state index in [1.165, 1.54) is 6.08 Å². The second-order valence-corrected chi connectivity index (χ2v) is 7.10. The standard InChI is InChI=1S/C15H18BBrF2O3/c1-14(2)15(3,4)22-16(21-14)9(8-20)5-11-12(17)6-10(18)7-13(11)19/h5-7,20H,8H2,1-4H3. The Balaban J connectivity index is 2.38. The zero-order chi connectivity index (χ0) is 16.7. The van der Waals surface area contributed by atoms with E-state index in [-0.39, 0.29) is 16.6 Å². The lowest BCUT2D eigenvalue weighted by molar-refractivity contribution is 0.00578. The van der Waals surface area contributed by atoms with Crippen molar-refractivity contribution in [3.8, 4) is 0 Å². The van der Waals surface area contributed by atoms with Gasteiger partial charge in [0.05, 0.1) is 17.8 Å². The van der Waals surface area contributed by atoms with Crippen LogP contribution in [0.15, 0.2) is 22.1 Å². The third kappa shape index (κ3) is 3.27. The van der Waals surface area contributed by atoms with Crippen molar-refractivity contribution in [3.05, 3.63) is 39.3 Å². The molecule has 3 nitrogen and oxygen atoms in total. The molecule has 0 atom stereocenters. The Kier molecular flexibility index (Phi) is 4.83. The Morgan fingerprint density at radius 3 is 2.23 bits per heavy atom. The fraction of sp³-hybridized carbons (Fsp3) is 0.467. The van der Waals surface area contributed by atoms with Gasteiger partial charge in [-0.15, -0.1) is 0 Å². The normalized spacial score (nSPS) is 20.5. The minimum absolute atomic E-state index is 0.139. The van der Waals surface area contributed by atoms with Crippen LogP contribution in [0, 0.1) is 11.6 Å². The zero-order valence-electron chi connectivity index (χ0n) is 12.9. The molecule has 0 aliphatic carbocycles. The van der Waals surface area contributed by atoms with Crippen molar-refractivity contribution in [3.63, 3.8) is 0 Å². The quantitative estimate of drug-likeness (QED) is 0.819. The number of halogens is 3. The van der Waals surface area contributed by atoms with Gasteiger partial charge < -0.3 is 14.4 Å². The van der Waals surface area contributed by atoms with Crippen molar-refractivity contribution in [2.24, 2.45) is 0 Å². The fourth-order valence-electron chi connectivity index (χ4n) is 2.06. The summed E-state index contributed by atoms with van der Waals surface area (Å²) in [5, 5.41) is 9.58. The molecule has 0 aromatic heterocycles. The largest absolute Gasteiger partial charge is 0.492 e. The van der Waals surface area contributed by atoms with E-state index in [1.807, 2.05) is 27.7 Å². The molecular weight excluding hydrogens is 357 g/mol. The van der Waals surface area contributed by atoms with Gasteiger partial charge in [0.2, 0.25) is 0 Å². The van der Waals surface area contributed by atoms with Gasteiger partial charge in [-0.25, -0.2) is 8.78 Å². The Hall–Kier alpha value is -0.755. The van der Waals surface area contributed by atoms with Gasteiger partial charge in [-0.1, -0.05) is 6.08 Å². The molecule has 0 radical (unpaired) electrons. The lowest BCUT2D eigenvalue weighted by Crippen LogP contribution is -2.41. The number of benzene rings is 1. The lowest BCUT2D eigenvalue weighted by atomic mass is 9.77. The van der Waals surface area contributed by atoms with Crippen LogP contribution in [0.1, 0.15) is 33.3 Å². The van der Waals surface area contributed by atoms with Crippen LogP contribution in [-0.2, 0) is 9.31 Å². The summed E-state index contributed by atoms with van der Waals surface area (Å²) >= 11 is 3.12. The molecule has 120 valence electrons. The van der Waals surface area contributed by atoms with E-state index < -0.39 is 30.0 Å². The number of aliphatic hydroxyl groups is 1. The third-order valence-electron chi connectivity index (χ3n) is 4.11. The van der Waals surface area contributed by atoms with Crippen molar-refractivity contribution in [1.82, 2.24) is 0 Å². The van der Waals surface area contributed by atoms with Gasteiger partial charge in [0, 0.05) is 16.1 Å². The summed E-state index contributed by atoms with van der Waals surface area (Å²) in [4.78, 5) is 0. The maximum atomic E-state index is 13.9. The van der Waals surface area contributed by atoms with Gasteiger partial charge in [0.25, 0.3) is 0 Å². The zero-order valence-corrected chi connectivity index (χ0v) is 14.5. The molecule has 0 saturated carbocycles. The first-order valence-electron chi connectivity index (χ1n) is 6.89. The molecule has 0 spiro atoms. The molecule has 0 bridgehead atoms. The minimum atomic E-state index is -0.786. The van der Waals surface area contributed by atoms with E-state index in [9.17, 15) is 13.9 Å². The lowest BCUT2D eigenvalue weighted by Gasteiger charge is -2.32. The van der Waals surface area contributed by atoms with Crippen LogP contribution in [0.2, 0.25) is 0 Å². The molecule has 1 aliphatic rings. The highest BCUT2D eigenvalue weighted by Gasteiger charge is 2.52. The van der Waals surface area contributed by atoms with Crippen LogP contribution in [0.25, 0.3) is 6.08 Å². The maximum Gasteiger partial charge on any atom is 0.492 e. The first-order valence-corrected chi connectivity index (χ1v) is 7.68. The van der Waals surface area contributed by atoms with Crippen LogP contribution in [0.5, 0.6) is 0 Å². The molecule has 2 rings (SSSR count). The molecule has 7 heteroatoms. The van der Waals surface area contributed by atoms with Crippen LogP contribution in [0.3, 0.4) is 0 Å². The first kappa shape index (κ1) is 17.6. The summed E-state index contributed by atoms with van der Waals surface area (Å²) in [5.41, 5.74) is -0.625. The van der Waals surface area contributed by atoms with Crippen molar-refractivity contribution >= 4 is 29.1 Å². The predicted octanol–water partition coefficient (Wildman–Crippen LogP) is 3.73. The average molecular weight is 375 g/mol. The second kappa shape index (κ2) is 6.04. The van der Waals surface area contributed by atoms with Crippen molar-refractivity contribution in [1.29, 1.82) is 0 Å². The summed E-state index contributed by atoms with van der Waals surface area (Å²) in [6.45, 7) is 7.18. The Labute approximate surface area is 137 Å². The molecular formula is C15H18BBrF2O3. The fourth-order valence-corrected chi connectivity index (χ4v) is 2.58. The van der Waals surface area contributed by atoms with E-state index in [0.29, 0.717) is 5.47 Å². The number of aliphatic hydroxyl groups excluding tert-OH is 1. The summed E-state index contributed by atoms with van der Waals surface area (Å²) < 4.78 is 39.0. The maximum absolute atomic E-state index is 13.9. The third-order valence-corrected chi connectivity index (χ3v) is 4.77. The average Bonchev–Trinajstić information content (AvgIpc) is 2.57. The number of hydrogen-bond acceptors (Lipinski definition) is 3. The SMILES string of the molecule is CC1(C)OB(C(=Cc2c(F)cc(F)cc2Br)CO)OC1(C)C. The first-order chi connectivity index (χ1) is 10.1. The molecule has 1 heterocycles. The molecule has 22 heavy (non-hydrogen) atoms. The Morgan fingerprint density at radius 2 is 1.77 bits per heavy atom. The van der Waals surface area contributed by atoms with Gasteiger partial charge >= 0.3 is 7.12 Å². The Bertz CT molecular complexity index is 578. The van der Waals surface area contributed by atoms with Gasteiger partial charge in [-0.2, -0.15) is 0 Å². The van der Waals surface area contributed by atoms with Crippen molar-refractivity contribution in [2.45, 2.75) is 38.9 Å². The highest BCUT2D eigenvalue weighted by atomic mass is 79.9. The Morgan fingerprint density at radius 1 is 1.23 bits per heavy atom. The topological polar surface area (TPSA) is 38.7 Å². The van der Waals surface area contributed by atoms with Crippen LogP contribution < -0.4 is 0 Å². The minimum Gasteiger partial charge on any atom is -0.400 e. The summed E-state index contributed by atoms with van der Waals surface area (Å²) in [6.07, 6.45) is 1.42. The van der Waals surface area contributed by atoms with E-state index in [0.717, 1.165) is 12.1 Å². The van der Waals surface area contributed by atoms with E-state index >= 15 is 0 Å². The van der Waals surface area contributed by atoms with E-state index in [2.05, 4.69) is 15.9 Å². The summed E-state index contributed by atoms with van der Waals surface area (Å²) in [6, 6.07) is 1.95. The summed E-state index contributed by atoms with van der Waals surface area (Å²) in [5.74, 6) is -1.41. The van der Waals surface area contributed by atoms with Crippen LogP contribution >= 0.6 is 15.9 Å². The van der Waals surface area contributed by atoms with Crippen molar-refractivity contribution in [2.75, 3.05) is 6.61 Å². The van der Waals surface area contributed by atoms with Gasteiger partial charge in [0.15, 0.2) is 0 Å². The number of rotatable bonds is 3.